The number of benzene rings is 2. The van der Waals surface area contributed by atoms with E-state index in [4.69, 9.17) is 9.15 Å². The van der Waals surface area contributed by atoms with E-state index in [1.165, 1.54) is 18.4 Å². The minimum Gasteiger partial charge on any atom is -0.451 e. The third-order valence-electron chi connectivity index (χ3n) is 4.59. The highest BCUT2D eigenvalue weighted by Gasteiger charge is 2.24. The second kappa shape index (κ2) is 7.63. The molecule has 0 spiro atoms. The van der Waals surface area contributed by atoms with E-state index in [2.05, 4.69) is 10.0 Å². The highest BCUT2D eigenvalue weighted by atomic mass is 32.2. The maximum Gasteiger partial charge on any atom is 0.411 e. The third kappa shape index (κ3) is 4.27. The molecule has 2 N–H and O–H groups in total. The second-order valence-corrected chi connectivity index (χ2v) is 8.53. The van der Waals surface area contributed by atoms with Crippen molar-refractivity contribution in [2.45, 2.75) is 31.0 Å². The van der Waals surface area contributed by atoms with E-state index in [0.29, 0.717) is 24.2 Å². The van der Waals surface area contributed by atoms with Crippen molar-refractivity contribution >= 4 is 27.5 Å². The number of hydrogen-bond acceptors (Lipinski definition) is 5. The summed E-state index contributed by atoms with van der Waals surface area (Å²) in [6.45, 7) is 1.80. The number of furan rings is 1. The summed E-state index contributed by atoms with van der Waals surface area (Å²) < 4.78 is 38.1. The van der Waals surface area contributed by atoms with Crippen LogP contribution >= 0.6 is 0 Å². The molecule has 1 aromatic heterocycles. The predicted molar refractivity (Wildman–Crippen MR) is 108 cm³/mol. The lowest BCUT2D eigenvalue weighted by Crippen LogP contribution is -2.17. The zero-order valence-electron chi connectivity index (χ0n) is 15.7. The van der Waals surface area contributed by atoms with Gasteiger partial charge in [-0.15, -0.1) is 0 Å². The SMILES string of the molecule is CC1Cc2cc(NS(=O)(=O)c3ccco3)cc(Cc3ccccc3)c2NC(=O)O1. The van der Waals surface area contributed by atoms with Crippen LogP contribution in [0.15, 0.2) is 70.4 Å². The first kappa shape index (κ1) is 19.1. The van der Waals surface area contributed by atoms with Crippen LogP contribution in [0.4, 0.5) is 16.2 Å². The summed E-state index contributed by atoms with van der Waals surface area (Å²) in [7, 11) is -3.85. The second-order valence-electron chi connectivity index (χ2n) is 6.91. The number of cyclic esters (lactones) is 1. The van der Waals surface area contributed by atoms with Gasteiger partial charge in [0.15, 0.2) is 0 Å². The number of ether oxygens (including phenoxy) is 1. The molecule has 7 nitrogen and oxygen atoms in total. The van der Waals surface area contributed by atoms with Gasteiger partial charge in [-0.2, -0.15) is 8.42 Å². The van der Waals surface area contributed by atoms with E-state index in [0.717, 1.165) is 16.7 Å². The summed E-state index contributed by atoms with van der Waals surface area (Å²) in [6.07, 6.45) is 1.44. The number of anilines is 2. The van der Waals surface area contributed by atoms with Crippen molar-refractivity contribution in [2.75, 3.05) is 10.0 Å². The van der Waals surface area contributed by atoms with E-state index in [1.807, 2.05) is 30.3 Å². The Morgan fingerprint density at radius 1 is 1.14 bits per heavy atom. The van der Waals surface area contributed by atoms with E-state index in [9.17, 15) is 13.2 Å². The number of fused-ring (bicyclic) bond motifs is 1. The zero-order chi connectivity index (χ0) is 20.4. The van der Waals surface area contributed by atoms with Crippen LogP contribution in [0.2, 0.25) is 0 Å². The maximum absolute atomic E-state index is 12.6. The van der Waals surface area contributed by atoms with Gasteiger partial charge in [0, 0.05) is 12.1 Å². The van der Waals surface area contributed by atoms with E-state index in [1.54, 1.807) is 19.1 Å². The lowest BCUT2D eigenvalue weighted by atomic mass is 9.96. The molecule has 3 aromatic rings. The predicted octanol–water partition coefficient (Wildman–Crippen LogP) is 4.16. The standard InChI is InChI=1S/C21H20N2O5S/c1-14-10-16-12-18(23-29(25,26)19-8-5-9-27-19)13-17(20(16)22-21(24)28-14)11-15-6-3-2-4-7-15/h2-9,12-14,23H,10-11H2,1H3,(H,22,24). The Hall–Kier alpha value is -3.26. The Morgan fingerprint density at radius 3 is 2.66 bits per heavy atom. The number of sulfonamides is 1. The Bertz CT molecular complexity index is 1130. The van der Waals surface area contributed by atoms with Crippen molar-refractivity contribution in [2.24, 2.45) is 0 Å². The molecule has 0 aliphatic carbocycles. The molecule has 150 valence electrons. The molecule has 1 atom stereocenters. The van der Waals surface area contributed by atoms with E-state index < -0.39 is 16.1 Å². The maximum atomic E-state index is 12.6. The van der Waals surface area contributed by atoms with Crippen LogP contribution < -0.4 is 10.0 Å². The highest BCUT2D eigenvalue weighted by molar-refractivity contribution is 7.92. The van der Waals surface area contributed by atoms with Gasteiger partial charge in [-0.05, 0) is 54.3 Å². The van der Waals surface area contributed by atoms with Gasteiger partial charge in [-0.1, -0.05) is 30.3 Å². The van der Waals surface area contributed by atoms with Gasteiger partial charge >= 0.3 is 6.09 Å². The molecule has 0 fully saturated rings. The molecule has 2 aromatic carbocycles. The van der Waals surface area contributed by atoms with Gasteiger partial charge in [-0.3, -0.25) is 10.0 Å². The molecular weight excluding hydrogens is 392 g/mol. The number of nitrogens with one attached hydrogen (secondary N) is 2. The molecule has 1 aliphatic rings. The first-order valence-electron chi connectivity index (χ1n) is 9.14. The molecule has 29 heavy (non-hydrogen) atoms. The van der Waals surface area contributed by atoms with Crippen LogP contribution in [0.5, 0.6) is 0 Å². The average molecular weight is 412 g/mol. The van der Waals surface area contributed by atoms with E-state index >= 15 is 0 Å². The van der Waals surface area contributed by atoms with Gasteiger partial charge in [-0.25, -0.2) is 4.79 Å². The molecule has 1 unspecified atom stereocenters. The number of carbonyl (C=O) groups is 1. The summed E-state index contributed by atoms with van der Waals surface area (Å²) in [5.41, 5.74) is 3.68. The topological polar surface area (TPSA) is 97.6 Å². The largest absolute Gasteiger partial charge is 0.451 e. The quantitative estimate of drug-likeness (QED) is 0.656. The summed E-state index contributed by atoms with van der Waals surface area (Å²) in [6, 6.07) is 16.1. The molecule has 2 heterocycles. The van der Waals surface area contributed by atoms with E-state index in [-0.39, 0.29) is 11.2 Å². The molecule has 0 bridgehead atoms. The van der Waals surface area contributed by atoms with Crippen LogP contribution in [0.3, 0.4) is 0 Å². The Kier molecular flexibility index (Phi) is 5.02. The normalized spacial score (nSPS) is 16.3. The number of rotatable bonds is 5. The van der Waals surface area contributed by atoms with Gasteiger partial charge in [0.05, 0.1) is 12.0 Å². The van der Waals surface area contributed by atoms with Crippen LogP contribution in [-0.4, -0.2) is 20.6 Å². The lowest BCUT2D eigenvalue weighted by Gasteiger charge is -2.16. The smallest absolute Gasteiger partial charge is 0.411 e. The van der Waals surface area contributed by atoms with Crippen LogP contribution in [0, 0.1) is 0 Å². The van der Waals surface area contributed by atoms with Crippen molar-refractivity contribution in [3.63, 3.8) is 0 Å². The van der Waals surface area contributed by atoms with Crippen molar-refractivity contribution in [3.05, 3.63) is 77.6 Å². The van der Waals surface area contributed by atoms with Crippen molar-refractivity contribution < 1.29 is 22.4 Å². The van der Waals surface area contributed by atoms with Crippen LogP contribution in [-0.2, 0) is 27.6 Å². The van der Waals surface area contributed by atoms with Crippen molar-refractivity contribution in [1.29, 1.82) is 0 Å². The fourth-order valence-electron chi connectivity index (χ4n) is 3.39. The van der Waals surface area contributed by atoms with Crippen LogP contribution in [0.1, 0.15) is 23.6 Å². The summed E-state index contributed by atoms with van der Waals surface area (Å²) in [5.74, 6) is 0. The van der Waals surface area contributed by atoms with Crippen molar-refractivity contribution in [1.82, 2.24) is 0 Å². The average Bonchev–Trinajstić information content (AvgIpc) is 3.16. The molecule has 0 saturated carbocycles. The number of amides is 1. The summed E-state index contributed by atoms with van der Waals surface area (Å²) >= 11 is 0. The first-order valence-corrected chi connectivity index (χ1v) is 10.6. The minimum absolute atomic E-state index is 0.165. The Morgan fingerprint density at radius 2 is 1.93 bits per heavy atom. The molecular formula is C21H20N2O5S. The fraction of sp³-hybridized carbons (Fsp3) is 0.190. The fourth-order valence-corrected chi connectivity index (χ4v) is 4.36. The van der Waals surface area contributed by atoms with Gasteiger partial charge in [0.1, 0.15) is 6.10 Å². The van der Waals surface area contributed by atoms with Gasteiger partial charge < -0.3 is 9.15 Å². The van der Waals surface area contributed by atoms with Gasteiger partial charge in [0.2, 0.25) is 5.09 Å². The molecule has 4 rings (SSSR count). The summed E-state index contributed by atoms with van der Waals surface area (Å²) in [5, 5.41) is 2.64. The molecule has 8 heteroatoms. The zero-order valence-corrected chi connectivity index (χ0v) is 16.5. The minimum atomic E-state index is -3.85. The first-order chi connectivity index (χ1) is 13.9. The molecule has 1 amide bonds. The number of hydrogen-bond donors (Lipinski definition) is 2. The lowest BCUT2D eigenvalue weighted by molar-refractivity contribution is 0.123. The van der Waals surface area contributed by atoms with Gasteiger partial charge in [0.25, 0.3) is 10.0 Å². The molecule has 0 saturated heterocycles. The highest BCUT2D eigenvalue weighted by Crippen LogP contribution is 2.32. The third-order valence-corrected chi connectivity index (χ3v) is 5.86. The molecule has 0 radical (unpaired) electrons. The molecule has 1 aliphatic heterocycles. The van der Waals surface area contributed by atoms with Crippen LogP contribution in [0.25, 0.3) is 0 Å². The monoisotopic (exact) mass is 412 g/mol. The van der Waals surface area contributed by atoms with Crippen molar-refractivity contribution in [3.8, 4) is 0 Å². The Balaban J connectivity index is 1.77. The summed E-state index contributed by atoms with van der Waals surface area (Å²) in [4.78, 5) is 12.1. The number of carbonyl (C=O) groups excluding carboxylic acids is 1. The Labute approximate surface area is 168 Å².